The Morgan fingerprint density at radius 1 is 1.15 bits per heavy atom. The highest BCUT2D eigenvalue weighted by molar-refractivity contribution is 5.83. The number of amides is 1. The van der Waals surface area contributed by atoms with Gasteiger partial charge in [-0.25, -0.2) is 0 Å². The van der Waals surface area contributed by atoms with Crippen molar-refractivity contribution in [2.45, 2.75) is 57.9 Å². The lowest BCUT2D eigenvalue weighted by Crippen LogP contribution is -2.54. The van der Waals surface area contributed by atoms with Crippen LogP contribution < -0.4 is 5.73 Å². The van der Waals surface area contributed by atoms with E-state index in [-0.39, 0.29) is 11.9 Å². The minimum absolute atomic E-state index is 0.152. The topological polar surface area (TPSA) is 55.6 Å². The van der Waals surface area contributed by atoms with Crippen LogP contribution in [0.2, 0.25) is 0 Å². The summed E-state index contributed by atoms with van der Waals surface area (Å²) in [6.07, 6.45) is 9.27. The first kappa shape index (κ1) is 14.3. The van der Waals surface area contributed by atoms with E-state index in [2.05, 4.69) is 0 Å². The van der Waals surface area contributed by atoms with Crippen LogP contribution >= 0.6 is 0 Å². The van der Waals surface area contributed by atoms with Crippen molar-refractivity contribution in [2.75, 3.05) is 26.3 Å². The van der Waals surface area contributed by atoms with Gasteiger partial charge in [-0.05, 0) is 38.0 Å². The van der Waals surface area contributed by atoms with Crippen molar-refractivity contribution < 1.29 is 9.53 Å². The van der Waals surface area contributed by atoms with Crippen LogP contribution in [0.1, 0.15) is 51.9 Å². The third-order valence-electron chi connectivity index (χ3n) is 6.03. The van der Waals surface area contributed by atoms with Gasteiger partial charge in [0.15, 0.2) is 0 Å². The highest BCUT2D eigenvalue weighted by atomic mass is 16.5. The van der Waals surface area contributed by atoms with Crippen LogP contribution in [0, 0.1) is 10.8 Å². The maximum Gasteiger partial charge on any atom is 0.232 e. The Labute approximate surface area is 122 Å². The van der Waals surface area contributed by atoms with Crippen LogP contribution in [-0.4, -0.2) is 43.2 Å². The van der Waals surface area contributed by atoms with Gasteiger partial charge < -0.3 is 15.4 Å². The van der Waals surface area contributed by atoms with Gasteiger partial charge in [0.1, 0.15) is 0 Å². The molecule has 2 heterocycles. The average molecular weight is 280 g/mol. The van der Waals surface area contributed by atoms with Crippen molar-refractivity contribution in [1.29, 1.82) is 0 Å². The zero-order chi connectivity index (χ0) is 14.2. The van der Waals surface area contributed by atoms with Crippen LogP contribution in [0.4, 0.5) is 0 Å². The van der Waals surface area contributed by atoms with Crippen molar-refractivity contribution >= 4 is 5.91 Å². The number of nitrogens with zero attached hydrogens (tertiary/aromatic N) is 1. The van der Waals surface area contributed by atoms with Gasteiger partial charge in [-0.15, -0.1) is 0 Å². The summed E-state index contributed by atoms with van der Waals surface area (Å²) in [6.45, 7) is 4.80. The lowest BCUT2D eigenvalue weighted by Gasteiger charge is -2.46. The Hall–Kier alpha value is -0.610. The minimum atomic E-state index is -0.503. The van der Waals surface area contributed by atoms with Crippen molar-refractivity contribution in [3.05, 3.63) is 0 Å². The number of carbonyl (C=O) groups is 1. The van der Waals surface area contributed by atoms with Crippen molar-refractivity contribution in [3.63, 3.8) is 0 Å². The Morgan fingerprint density at radius 2 is 1.80 bits per heavy atom. The maximum atomic E-state index is 12.8. The summed E-state index contributed by atoms with van der Waals surface area (Å²) in [5.74, 6) is 0.216. The third kappa shape index (κ3) is 2.37. The fourth-order valence-electron chi connectivity index (χ4n) is 4.26. The molecule has 1 amide bonds. The molecule has 0 aromatic rings. The molecule has 0 aromatic carbocycles. The summed E-state index contributed by atoms with van der Waals surface area (Å²) in [7, 11) is 0. The van der Waals surface area contributed by atoms with E-state index in [1.54, 1.807) is 0 Å². The average Bonchev–Trinajstić information content (AvgIpc) is 2.81. The van der Waals surface area contributed by atoms with Gasteiger partial charge in [0, 0.05) is 19.1 Å². The standard InChI is InChI=1S/C16H28N2O2/c1-15(12-20-11-13(15)17)14(19)18-9-7-16(8-10-18)5-3-2-4-6-16/h13H,2-12,17H2,1H3. The second-order valence-corrected chi connectivity index (χ2v) is 7.39. The van der Waals surface area contributed by atoms with E-state index >= 15 is 0 Å². The number of rotatable bonds is 1. The molecule has 2 unspecified atom stereocenters. The molecule has 2 saturated heterocycles. The lowest BCUT2D eigenvalue weighted by atomic mass is 9.68. The summed E-state index contributed by atoms with van der Waals surface area (Å²) in [6, 6.07) is -0.152. The van der Waals surface area contributed by atoms with Gasteiger partial charge >= 0.3 is 0 Å². The molecule has 0 aromatic heterocycles. The number of carbonyl (C=O) groups excluding carboxylic acids is 1. The Kier molecular flexibility index (Phi) is 3.80. The van der Waals surface area contributed by atoms with Crippen molar-refractivity contribution in [1.82, 2.24) is 4.90 Å². The number of piperidine rings is 1. The first-order valence-corrected chi connectivity index (χ1v) is 8.19. The number of ether oxygens (including phenoxy) is 1. The molecule has 4 nitrogen and oxygen atoms in total. The summed E-state index contributed by atoms with van der Waals surface area (Å²) in [5.41, 5.74) is 6.13. The van der Waals surface area contributed by atoms with Crippen LogP contribution in [0.25, 0.3) is 0 Å². The fourth-order valence-corrected chi connectivity index (χ4v) is 4.26. The predicted molar refractivity (Wildman–Crippen MR) is 78.2 cm³/mol. The van der Waals surface area contributed by atoms with Crippen LogP contribution in [-0.2, 0) is 9.53 Å². The highest BCUT2D eigenvalue weighted by Crippen LogP contribution is 2.45. The molecule has 1 spiro atoms. The molecule has 3 rings (SSSR count). The zero-order valence-electron chi connectivity index (χ0n) is 12.7. The maximum absolute atomic E-state index is 12.8. The zero-order valence-corrected chi connectivity index (χ0v) is 12.7. The van der Waals surface area contributed by atoms with Crippen LogP contribution in [0.15, 0.2) is 0 Å². The molecule has 4 heteroatoms. The van der Waals surface area contributed by atoms with E-state index in [1.807, 2.05) is 11.8 Å². The number of hydrogen-bond acceptors (Lipinski definition) is 3. The van der Waals surface area contributed by atoms with E-state index in [4.69, 9.17) is 10.5 Å². The third-order valence-corrected chi connectivity index (χ3v) is 6.03. The van der Waals surface area contributed by atoms with Gasteiger partial charge in [-0.1, -0.05) is 19.3 Å². The first-order valence-electron chi connectivity index (χ1n) is 8.19. The summed E-state index contributed by atoms with van der Waals surface area (Å²) in [4.78, 5) is 14.8. The molecule has 1 saturated carbocycles. The molecule has 2 N–H and O–H groups in total. The molecular weight excluding hydrogens is 252 g/mol. The molecular formula is C16H28N2O2. The molecule has 114 valence electrons. The van der Waals surface area contributed by atoms with Gasteiger partial charge in [0.2, 0.25) is 5.91 Å². The van der Waals surface area contributed by atoms with Crippen molar-refractivity contribution in [3.8, 4) is 0 Å². The van der Waals surface area contributed by atoms with E-state index in [1.165, 1.54) is 44.9 Å². The molecule has 2 aliphatic heterocycles. The van der Waals surface area contributed by atoms with E-state index in [0.717, 1.165) is 13.1 Å². The van der Waals surface area contributed by atoms with Crippen molar-refractivity contribution in [2.24, 2.45) is 16.6 Å². The van der Waals surface area contributed by atoms with Crippen LogP contribution in [0.5, 0.6) is 0 Å². The SMILES string of the molecule is CC1(C(=O)N2CCC3(CCCCC3)CC2)COCC1N. The fraction of sp³-hybridized carbons (Fsp3) is 0.938. The predicted octanol–water partition coefficient (Wildman–Crippen LogP) is 1.92. The van der Waals surface area contributed by atoms with E-state index < -0.39 is 5.41 Å². The Morgan fingerprint density at radius 3 is 2.35 bits per heavy atom. The second kappa shape index (κ2) is 5.30. The monoisotopic (exact) mass is 280 g/mol. The quantitative estimate of drug-likeness (QED) is 0.798. The largest absolute Gasteiger partial charge is 0.379 e. The van der Waals surface area contributed by atoms with Gasteiger partial charge in [-0.2, -0.15) is 0 Å². The lowest BCUT2D eigenvalue weighted by molar-refractivity contribution is -0.144. The first-order chi connectivity index (χ1) is 9.56. The molecule has 0 radical (unpaired) electrons. The molecule has 3 fully saturated rings. The Bertz CT molecular complexity index is 369. The number of hydrogen-bond donors (Lipinski definition) is 1. The van der Waals surface area contributed by atoms with E-state index in [0.29, 0.717) is 18.6 Å². The van der Waals surface area contributed by atoms with Gasteiger partial charge in [-0.3, -0.25) is 4.79 Å². The highest BCUT2D eigenvalue weighted by Gasteiger charge is 2.48. The number of nitrogens with two attached hydrogens (primary N) is 1. The molecule has 20 heavy (non-hydrogen) atoms. The Balaban J connectivity index is 1.61. The van der Waals surface area contributed by atoms with Gasteiger partial charge in [0.25, 0.3) is 0 Å². The molecule has 2 atom stereocenters. The van der Waals surface area contributed by atoms with E-state index in [9.17, 15) is 4.79 Å². The molecule has 1 aliphatic carbocycles. The van der Waals surface area contributed by atoms with Crippen LogP contribution in [0.3, 0.4) is 0 Å². The molecule has 0 bridgehead atoms. The second-order valence-electron chi connectivity index (χ2n) is 7.39. The summed E-state index contributed by atoms with van der Waals surface area (Å²) >= 11 is 0. The minimum Gasteiger partial charge on any atom is -0.379 e. The molecule has 3 aliphatic rings. The number of likely N-dealkylation sites (tertiary alicyclic amines) is 1. The smallest absolute Gasteiger partial charge is 0.232 e. The summed E-state index contributed by atoms with van der Waals surface area (Å²) < 4.78 is 5.42. The van der Waals surface area contributed by atoms with Gasteiger partial charge in [0.05, 0.1) is 18.6 Å². The summed E-state index contributed by atoms with van der Waals surface area (Å²) in [5, 5.41) is 0. The normalized spacial score (nSPS) is 37.3.